The van der Waals surface area contributed by atoms with Gasteiger partial charge in [-0.05, 0) is 6.92 Å². The van der Waals surface area contributed by atoms with Crippen LogP contribution in [-0.2, 0) is 0 Å². The molecule has 2 aromatic rings. The van der Waals surface area contributed by atoms with Crippen molar-refractivity contribution < 1.29 is 19.4 Å². The van der Waals surface area contributed by atoms with Gasteiger partial charge in [-0.2, -0.15) is 0 Å². The van der Waals surface area contributed by atoms with Crippen LogP contribution in [0.3, 0.4) is 0 Å². The average molecular weight is 385 g/mol. The number of Topliss-reactive ketones (excluding diaryl/α,β-unsaturated/α-hetero) is 1. The van der Waals surface area contributed by atoms with Gasteiger partial charge >= 0.3 is 0 Å². The second-order valence-electron chi connectivity index (χ2n) is 5.81. The van der Waals surface area contributed by atoms with E-state index in [9.17, 15) is 29.8 Å². The third-order valence-electron chi connectivity index (χ3n) is 3.33. The van der Waals surface area contributed by atoms with E-state index in [1.54, 1.807) is 37.3 Å². The molecule has 0 unspecified atom stereocenters. The lowest BCUT2D eigenvalue weighted by Crippen LogP contribution is -2.03. The van der Waals surface area contributed by atoms with Crippen molar-refractivity contribution in [1.29, 1.82) is 0 Å². The Hall–Kier alpha value is -3.88. The van der Waals surface area contributed by atoms with Crippen molar-refractivity contribution in [3.05, 3.63) is 92.2 Å². The molecule has 0 spiro atoms. The second-order valence-corrected chi connectivity index (χ2v) is 5.81. The smallest absolute Gasteiger partial charge is 0.270 e. The van der Waals surface area contributed by atoms with Gasteiger partial charge in [-0.1, -0.05) is 24.3 Å². The molecule has 2 aromatic carbocycles. The van der Waals surface area contributed by atoms with Gasteiger partial charge < -0.3 is 4.90 Å². The van der Waals surface area contributed by atoms with Crippen LogP contribution in [0.15, 0.2) is 60.8 Å². The Morgan fingerprint density at radius 3 is 1.79 bits per heavy atom. The van der Waals surface area contributed by atoms with Gasteiger partial charge in [0.15, 0.2) is 11.6 Å². The maximum Gasteiger partial charge on any atom is 0.270 e. The number of hydrogen-bond donors (Lipinski definition) is 0. The fourth-order valence-corrected chi connectivity index (χ4v) is 1.92. The third kappa shape index (κ3) is 7.16. The summed E-state index contributed by atoms with van der Waals surface area (Å²) in [6, 6.07) is 11.3. The maximum absolute atomic E-state index is 11.6. The molecule has 0 aliphatic rings. The number of hydrogen-bond acceptors (Lipinski definition) is 7. The van der Waals surface area contributed by atoms with Crippen molar-refractivity contribution in [3.63, 3.8) is 0 Å². The van der Waals surface area contributed by atoms with Gasteiger partial charge in [-0.25, -0.2) is 0 Å². The van der Waals surface area contributed by atoms with E-state index in [-0.39, 0.29) is 22.9 Å². The number of nitro benzene ring substituents is 2. The molecule has 0 amide bonds. The van der Waals surface area contributed by atoms with Crippen LogP contribution in [0.4, 0.5) is 11.4 Å². The Bertz CT molecular complexity index is 892. The standard InChI is InChI=1S/C11H12N2O3.C8H7NO3/c1-12(2)7-6-11(14)9-4-3-5-10(8-9)13(15)16;1-6(10)7-3-2-4-8(5-7)9(11)12/h3-8H,1-2H3;2-5H,1H3. The molecule has 0 atom stereocenters. The molecule has 9 nitrogen and oxygen atoms in total. The van der Waals surface area contributed by atoms with Crippen LogP contribution in [-0.4, -0.2) is 40.4 Å². The minimum absolute atomic E-state index is 0.0531. The summed E-state index contributed by atoms with van der Waals surface area (Å²) in [6.07, 6.45) is 2.97. The summed E-state index contributed by atoms with van der Waals surface area (Å²) in [7, 11) is 3.58. The van der Waals surface area contributed by atoms with Gasteiger partial charge in [0.05, 0.1) is 9.85 Å². The monoisotopic (exact) mass is 385 g/mol. The van der Waals surface area contributed by atoms with Crippen LogP contribution in [0, 0.1) is 20.2 Å². The zero-order chi connectivity index (χ0) is 21.3. The van der Waals surface area contributed by atoms with Crippen LogP contribution in [0.25, 0.3) is 0 Å². The van der Waals surface area contributed by atoms with Crippen LogP contribution in [0.2, 0.25) is 0 Å². The first kappa shape index (κ1) is 22.2. The lowest BCUT2D eigenvalue weighted by molar-refractivity contribution is -0.385. The van der Waals surface area contributed by atoms with Crippen molar-refractivity contribution in [3.8, 4) is 0 Å². The number of allylic oxidation sites excluding steroid dienone is 1. The van der Waals surface area contributed by atoms with Crippen molar-refractivity contribution in [2.75, 3.05) is 14.1 Å². The molecule has 0 aliphatic heterocycles. The number of rotatable bonds is 6. The number of benzene rings is 2. The summed E-state index contributed by atoms with van der Waals surface area (Å²) in [5, 5.41) is 20.8. The van der Waals surface area contributed by atoms with Crippen molar-refractivity contribution >= 4 is 22.9 Å². The highest BCUT2D eigenvalue weighted by Gasteiger charge is 2.09. The summed E-state index contributed by atoms with van der Waals surface area (Å²) >= 11 is 0. The van der Waals surface area contributed by atoms with Crippen LogP contribution < -0.4 is 0 Å². The van der Waals surface area contributed by atoms with Gasteiger partial charge in [0.1, 0.15) is 0 Å². The Balaban J connectivity index is 0.000000292. The number of non-ortho nitro benzene ring substituents is 2. The first-order chi connectivity index (χ1) is 13.1. The SMILES string of the molecule is CC(=O)c1cccc([N+](=O)[O-])c1.CN(C)C=CC(=O)c1cccc([N+](=O)[O-])c1. The largest absolute Gasteiger partial charge is 0.383 e. The van der Waals surface area contributed by atoms with Gasteiger partial charge in [0, 0.05) is 61.8 Å². The molecular formula is C19H19N3O6. The Morgan fingerprint density at radius 1 is 0.893 bits per heavy atom. The molecule has 28 heavy (non-hydrogen) atoms. The molecule has 0 radical (unpaired) electrons. The second kappa shape index (κ2) is 10.3. The van der Waals surface area contributed by atoms with Crippen molar-refractivity contribution in [2.24, 2.45) is 0 Å². The number of carbonyl (C=O) groups is 2. The number of ketones is 2. The van der Waals surface area contributed by atoms with E-state index in [4.69, 9.17) is 0 Å². The predicted octanol–water partition coefficient (Wildman–Crippen LogP) is 3.65. The topological polar surface area (TPSA) is 124 Å². The minimum Gasteiger partial charge on any atom is -0.383 e. The Morgan fingerprint density at radius 2 is 1.36 bits per heavy atom. The van der Waals surface area contributed by atoms with E-state index in [2.05, 4.69) is 0 Å². The molecule has 9 heteroatoms. The van der Waals surface area contributed by atoms with Crippen LogP contribution in [0.5, 0.6) is 0 Å². The lowest BCUT2D eigenvalue weighted by Gasteiger charge is -2.02. The molecule has 0 bridgehead atoms. The quantitative estimate of drug-likeness (QED) is 0.322. The van der Waals surface area contributed by atoms with E-state index < -0.39 is 9.85 Å². The molecule has 146 valence electrons. The fourth-order valence-electron chi connectivity index (χ4n) is 1.92. The normalized spacial score (nSPS) is 9.96. The summed E-state index contributed by atoms with van der Waals surface area (Å²) in [5.41, 5.74) is 0.545. The highest BCUT2D eigenvalue weighted by Crippen LogP contribution is 2.14. The van der Waals surface area contributed by atoms with Crippen molar-refractivity contribution in [2.45, 2.75) is 6.92 Å². The van der Waals surface area contributed by atoms with Gasteiger partial charge in [-0.3, -0.25) is 29.8 Å². The van der Waals surface area contributed by atoms with Gasteiger partial charge in [0.2, 0.25) is 0 Å². The summed E-state index contributed by atoms with van der Waals surface area (Å²) < 4.78 is 0. The number of carbonyl (C=O) groups excluding carboxylic acids is 2. The first-order valence-corrected chi connectivity index (χ1v) is 8.00. The van der Waals surface area contributed by atoms with Crippen molar-refractivity contribution in [1.82, 2.24) is 4.90 Å². The maximum atomic E-state index is 11.6. The zero-order valence-electron chi connectivity index (χ0n) is 15.6. The molecule has 0 N–H and O–H groups in total. The Kier molecular flexibility index (Phi) is 8.16. The molecule has 0 saturated heterocycles. The summed E-state index contributed by atoms with van der Waals surface area (Å²) in [6.45, 7) is 1.37. The highest BCUT2D eigenvalue weighted by molar-refractivity contribution is 6.04. The van der Waals surface area contributed by atoms with E-state index >= 15 is 0 Å². The van der Waals surface area contributed by atoms with E-state index in [0.29, 0.717) is 11.1 Å². The number of nitrogens with zero attached hydrogens (tertiary/aromatic N) is 3. The van der Waals surface area contributed by atoms with E-state index in [1.807, 2.05) is 0 Å². The predicted molar refractivity (Wildman–Crippen MR) is 103 cm³/mol. The molecule has 0 heterocycles. The Labute approximate surface area is 161 Å². The molecule has 2 rings (SSSR count). The van der Waals surface area contributed by atoms with Gasteiger partial charge in [0.25, 0.3) is 11.4 Å². The van der Waals surface area contributed by atoms with E-state index in [0.717, 1.165) is 0 Å². The minimum atomic E-state index is -0.521. The molecule has 0 aromatic heterocycles. The molecule has 0 saturated carbocycles. The third-order valence-corrected chi connectivity index (χ3v) is 3.33. The molecule has 0 aliphatic carbocycles. The first-order valence-electron chi connectivity index (χ1n) is 8.00. The van der Waals surface area contributed by atoms with E-state index in [1.165, 1.54) is 49.4 Å². The van der Waals surface area contributed by atoms with Crippen LogP contribution >= 0.6 is 0 Å². The van der Waals surface area contributed by atoms with Gasteiger partial charge in [-0.15, -0.1) is 0 Å². The summed E-state index contributed by atoms with van der Waals surface area (Å²) in [5.74, 6) is -0.420. The average Bonchev–Trinajstić information content (AvgIpc) is 2.66. The molecular weight excluding hydrogens is 366 g/mol. The molecule has 0 fully saturated rings. The number of nitro groups is 2. The van der Waals surface area contributed by atoms with Crippen LogP contribution in [0.1, 0.15) is 27.6 Å². The lowest BCUT2D eigenvalue weighted by atomic mass is 10.1. The fraction of sp³-hybridized carbons (Fsp3) is 0.158. The summed E-state index contributed by atoms with van der Waals surface area (Å²) in [4.78, 5) is 43.8. The zero-order valence-corrected chi connectivity index (χ0v) is 15.6. The highest BCUT2D eigenvalue weighted by atomic mass is 16.6.